The largest absolute Gasteiger partial charge is 0.443 e. The lowest BCUT2D eigenvalue weighted by Crippen LogP contribution is -2.12. The van der Waals surface area contributed by atoms with Gasteiger partial charge in [-0.3, -0.25) is 5.43 Å². The molecule has 0 spiro atoms. The summed E-state index contributed by atoms with van der Waals surface area (Å²) in [4.78, 5) is 4.51. The van der Waals surface area contributed by atoms with Gasteiger partial charge in [-0.05, 0) is 31.2 Å². The molecular formula is C15H16N4O. The maximum atomic E-state index is 5.35. The van der Waals surface area contributed by atoms with Gasteiger partial charge in [0, 0.05) is 23.9 Å². The SMILES string of the molecule is CCc1nc(C)cn1-c1ccc(C2=NNC=CO2)cc1. The van der Waals surface area contributed by atoms with Gasteiger partial charge < -0.3 is 9.30 Å². The van der Waals surface area contributed by atoms with Crippen LogP contribution in [0.1, 0.15) is 24.0 Å². The second-order valence-electron chi connectivity index (χ2n) is 4.54. The van der Waals surface area contributed by atoms with Crippen molar-refractivity contribution in [2.45, 2.75) is 20.3 Å². The number of hydrazone groups is 1. The van der Waals surface area contributed by atoms with Gasteiger partial charge in [-0.15, -0.1) is 5.10 Å². The highest BCUT2D eigenvalue weighted by Gasteiger charge is 2.09. The first kappa shape index (κ1) is 12.5. The van der Waals surface area contributed by atoms with E-state index in [1.165, 1.54) is 0 Å². The third-order valence-electron chi connectivity index (χ3n) is 3.10. The van der Waals surface area contributed by atoms with Crippen molar-refractivity contribution < 1.29 is 4.74 Å². The van der Waals surface area contributed by atoms with Crippen molar-refractivity contribution in [3.8, 4) is 5.69 Å². The van der Waals surface area contributed by atoms with E-state index in [0.29, 0.717) is 5.90 Å². The van der Waals surface area contributed by atoms with Gasteiger partial charge in [-0.2, -0.15) is 0 Å². The minimum Gasteiger partial charge on any atom is -0.443 e. The first-order valence-electron chi connectivity index (χ1n) is 6.58. The van der Waals surface area contributed by atoms with Gasteiger partial charge in [0.2, 0.25) is 5.90 Å². The Morgan fingerprint density at radius 1 is 1.25 bits per heavy atom. The van der Waals surface area contributed by atoms with Gasteiger partial charge in [0.05, 0.1) is 11.9 Å². The first-order valence-corrected chi connectivity index (χ1v) is 6.58. The highest BCUT2D eigenvalue weighted by atomic mass is 16.5. The number of aromatic nitrogens is 2. The molecule has 5 nitrogen and oxygen atoms in total. The number of ether oxygens (including phenoxy) is 1. The number of benzene rings is 1. The minimum atomic E-state index is 0.566. The summed E-state index contributed by atoms with van der Waals surface area (Å²) in [5.74, 6) is 1.63. The Balaban J connectivity index is 1.91. The molecule has 3 rings (SSSR count). The van der Waals surface area contributed by atoms with Gasteiger partial charge >= 0.3 is 0 Å². The second-order valence-corrected chi connectivity index (χ2v) is 4.54. The second kappa shape index (κ2) is 5.21. The molecule has 0 saturated carbocycles. The average molecular weight is 268 g/mol. The maximum absolute atomic E-state index is 5.35. The number of hydrogen-bond acceptors (Lipinski definition) is 4. The summed E-state index contributed by atoms with van der Waals surface area (Å²) in [7, 11) is 0. The molecule has 0 unspecified atom stereocenters. The van der Waals surface area contributed by atoms with E-state index >= 15 is 0 Å². The van der Waals surface area contributed by atoms with E-state index in [1.54, 1.807) is 12.5 Å². The predicted molar refractivity (Wildman–Crippen MR) is 77.6 cm³/mol. The monoisotopic (exact) mass is 268 g/mol. The summed E-state index contributed by atoms with van der Waals surface area (Å²) < 4.78 is 7.46. The first-order chi connectivity index (χ1) is 9.78. The zero-order chi connectivity index (χ0) is 13.9. The van der Waals surface area contributed by atoms with Crippen molar-refractivity contribution in [2.24, 2.45) is 5.10 Å². The Labute approximate surface area is 117 Å². The fourth-order valence-electron chi connectivity index (χ4n) is 2.17. The Bertz CT molecular complexity index is 668. The Kier molecular flexibility index (Phi) is 3.25. The molecule has 0 aliphatic carbocycles. The van der Waals surface area contributed by atoms with Crippen molar-refractivity contribution in [1.29, 1.82) is 0 Å². The molecule has 5 heteroatoms. The summed E-state index contributed by atoms with van der Waals surface area (Å²) in [6.07, 6.45) is 6.16. The third kappa shape index (κ3) is 2.30. The number of rotatable bonds is 3. The zero-order valence-corrected chi connectivity index (χ0v) is 11.5. The number of aryl methyl sites for hydroxylation is 2. The van der Waals surface area contributed by atoms with E-state index in [-0.39, 0.29) is 0 Å². The van der Waals surface area contributed by atoms with Crippen LogP contribution < -0.4 is 5.43 Å². The van der Waals surface area contributed by atoms with Crippen LogP contribution in [0.25, 0.3) is 5.69 Å². The minimum absolute atomic E-state index is 0.566. The number of nitrogens with zero attached hydrogens (tertiary/aromatic N) is 3. The fourth-order valence-corrected chi connectivity index (χ4v) is 2.17. The molecule has 0 bridgehead atoms. The molecule has 1 aliphatic rings. The molecule has 2 aromatic rings. The molecule has 0 atom stereocenters. The molecule has 0 saturated heterocycles. The van der Waals surface area contributed by atoms with Crippen LogP contribution >= 0.6 is 0 Å². The average Bonchev–Trinajstić information content (AvgIpc) is 2.89. The Hall–Kier alpha value is -2.56. The van der Waals surface area contributed by atoms with Gasteiger partial charge in [-0.1, -0.05) is 6.92 Å². The number of imidazole rings is 1. The topological polar surface area (TPSA) is 51.4 Å². The Morgan fingerprint density at radius 2 is 2.05 bits per heavy atom. The van der Waals surface area contributed by atoms with Crippen molar-refractivity contribution in [3.05, 3.63) is 60.0 Å². The van der Waals surface area contributed by atoms with Crippen molar-refractivity contribution in [1.82, 2.24) is 15.0 Å². The normalized spacial score (nSPS) is 13.6. The highest BCUT2D eigenvalue weighted by Crippen LogP contribution is 2.15. The standard InChI is InChI=1S/C15H16N4O/c1-3-14-17-11(2)10-19(14)13-6-4-12(5-7-13)15-18-16-8-9-20-15/h4-10,16H,3H2,1-2H3. The number of nitrogens with one attached hydrogen (secondary N) is 1. The maximum Gasteiger partial charge on any atom is 0.243 e. The van der Waals surface area contributed by atoms with Crippen LogP contribution in [0.3, 0.4) is 0 Å². The molecule has 0 radical (unpaired) electrons. The molecule has 20 heavy (non-hydrogen) atoms. The molecule has 1 N–H and O–H groups in total. The van der Waals surface area contributed by atoms with E-state index in [9.17, 15) is 0 Å². The van der Waals surface area contributed by atoms with Crippen molar-refractivity contribution >= 4 is 5.90 Å². The fraction of sp³-hybridized carbons (Fsp3) is 0.200. The van der Waals surface area contributed by atoms with Crippen molar-refractivity contribution in [2.75, 3.05) is 0 Å². The van der Waals surface area contributed by atoms with Crippen LogP contribution in [-0.2, 0) is 11.2 Å². The Morgan fingerprint density at radius 3 is 2.70 bits per heavy atom. The van der Waals surface area contributed by atoms with Crippen LogP contribution in [-0.4, -0.2) is 15.4 Å². The van der Waals surface area contributed by atoms with Gasteiger partial charge in [0.15, 0.2) is 0 Å². The smallest absolute Gasteiger partial charge is 0.243 e. The predicted octanol–water partition coefficient (Wildman–Crippen LogP) is 2.50. The zero-order valence-electron chi connectivity index (χ0n) is 11.5. The van der Waals surface area contributed by atoms with Gasteiger partial charge in [-0.25, -0.2) is 4.98 Å². The lowest BCUT2D eigenvalue weighted by molar-refractivity contribution is 0.450. The van der Waals surface area contributed by atoms with Crippen molar-refractivity contribution in [3.63, 3.8) is 0 Å². The van der Waals surface area contributed by atoms with Crippen LogP contribution in [0.15, 0.2) is 48.0 Å². The van der Waals surface area contributed by atoms with E-state index in [1.807, 2.05) is 37.4 Å². The quantitative estimate of drug-likeness (QED) is 0.930. The van der Waals surface area contributed by atoms with E-state index in [0.717, 1.165) is 29.2 Å². The molecule has 0 fully saturated rings. The van der Waals surface area contributed by atoms with Crippen LogP contribution in [0, 0.1) is 6.92 Å². The van der Waals surface area contributed by atoms with Gasteiger partial charge in [0.25, 0.3) is 0 Å². The molecule has 1 aromatic heterocycles. The number of hydrogen-bond donors (Lipinski definition) is 1. The molecule has 1 aliphatic heterocycles. The third-order valence-corrected chi connectivity index (χ3v) is 3.10. The summed E-state index contributed by atoms with van der Waals surface area (Å²) in [6.45, 7) is 4.11. The van der Waals surface area contributed by atoms with E-state index in [2.05, 4.69) is 27.0 Å². The van der Waals surface area contributed by atoms with Crippen LogP contribution in [0.4, 0.5) is 0 Å². The summed E-state index contributed by atoms with van der Waals surface area (Å²) >= 11 is 0. The lowest BCUT2D eigenvalue weighted by Gasteiger charge is -2.10. The molecule has 102 valence electrons. The summed E-state index contributed by atoms with van der Waals surface area (Å²) in [5, 5.41) is 4.08. The summed E-state index contributed by atoms with van der Waals surface area (Å²) in [5.41, 5.74) is 5.82. The van der Waals surface area contributed by atoms with E-state index in [4.69, 9.17) is 4.74 Å². The lowest BCUT2D eigenvalue weighted by atomic mass is 10.2. The highest BCUT2D eigenvalue weighted by molar-refractivity contribution is 5.94. The molecular weight excluding hydrogens is 252 g/mol. The summed E-state index contributed by atoms with van der Waals surface area (Å²) in [6, 6.07) is 8.06. The van der Waals surface area contributed by atoms with Crippen LogP contribution in [0.2, 0.25) is 0 Å². The molecule has 1 aromatic carbocycles. The van der Waals surface area contributed by atoms with E-state index < -0.39 is 0 Å². The van der Waals surface area contributed by atoms with Crippen LogP contribution in [0.5, 0.6) is 0 Å². The molecule has 2 heterocycles. The molecule has 0 amide bonds. The van der Waals surface area contributed by atoms with Gasteiger partial charge in [0.1, 0.15) is 12.1 Å².